The second-order valence-electron chi connectivity index (χ2n) is 5.04. The molecule has 1 nitrogen and oxygen atoms in total. The van der Waals surface area contributed by atoms with E-state index in [4.69, 9.17) is 4.11 Å². The van der Waals surface area contributed by atoms with Crippen LogP contribution in [0.25, 0.3) is 11.3 Å². The molecule has 2 rings (SSSR count). The van der Waals surface area contributed by atoms with Crippen LogP contribution in [0.15, 0.2) is 24.3 Å². The van der Waals surface area contributed by atoms with Crippen LogP contribution < -0.4 is 4.57 Å². The van der Waals surface area contributed by atoms with Crippen LogP contribution in [0, 0.1) is 34.5 Å². The molecule has 0 N–H and O–H groups in total. The summed E-state index contributed by atoms with van der Waals surface area (Å²) in [5.41, 5.74) is 7.08. The van der Waals surface area contributed by atoms with Crippen LogP contribution in [-0.4, -0.2) is 0 Å². The van der Waals surface area contributed by atoms with Gasteiger partial charge in [0, 0.05) is 28.7 Å². The van der Waals surface area contributed by atoms with Crippen LogP contribution in [0.4, 0.5) is 0 Å². The number of nitrogens with zero attached hydrogens (tertiary/aromatic N) is 1. The van der Waals surface area contributed by atoms with Gasteiger partial charge in [-0.3, -0.25) is 0 Å². The first-order chi connectivity index (χ1) is 9.62. The van der Waals surface area contributed by atoms with Gasteiger partial charge in [0.15, 0.2) is 5.69 Å². The fourth-order valence-electron chi connectivity index (χ4n) is 2.29. The Morgan fingerprint density at radius 2 is 1.72 bits per heavy atom. The summed E-state index contributed by atoms with van der Waals surface area (Å²) in [4.78, 5) is 0. The van der Waals surface area contributed by atoms with Crippen LogP contribution in [0.1, 0.15) is 32.1 Å². The van der Waals surface area contributed by atoms with E-state index in [-0.39, 0.29) is 0 Å². The van der Waals surface area contributed by atoms with Gasteiger partial charge < -0.3 is 0 Å². The van der Waals surface area contributed by atoms with E-state index >= 15 is 0 Å². The quantitative estimate of drug-likeness (QED) is 0.672. The first-order valence-corrected chi connectivity index (χ1v) is 6.21. The van der Waals surface area contributed by atoms with Crippen molar-refractivity contribution in [3.05, 3.63) is 52.2 Å². The lowest BCUT2D eigenvalue weighted by Crippen LogP contribution is -2.35. The molecule has 0 aliphatic carbocycles. The maximum atomic E-state index is 7.71. The van der Waals surface area contributed by atoms with Gasteiger partial charge in [-0.15, -0.1) is 0 Å². The fourth-order valence-corrected chi connectivity index (χ4v) is 2.29. The highest BCUT2D eigenvalue weighted by molar-refractivity contribution is 5.64. The van der Waals surface area contributed by atoms with Gasteiger partial charge in [0.25, 0.3) is 0 Å². The predicted molar refractivity (Wildman–Crippen MR) is 76.7 cm³/mol. The largest absolute Gasteiger partial charge is 0.212 e. The molecule has 0 saturated heterocycles. The van der Waals surface area contributed by atoms with E-state index in [1.54, 1.807) is 10.6 Å². The summed E-state index contributed by atoms with van der Waals surface area (Å²) >= 11 is 0. The lowest BCUT2D eigenvalue weighted by atomic mass is 9.96. The smallest absolute Gasteiger partial charge is 0.199 e. The van der Waals surface area contributed by atoms with E-state index in [1.165, 1.54) is 16.7 Å². The van der Waals surface area contributed by atoms with Crippen molar-refractivity contribution >= 4 is 0 Å². The molecule has 1 heteroatoms. The van der Waals surface area contributed by atoms with Gasteiger partial charge in [0.05, 0.1) is 0 Å². The number of pyridine rings is 1. The number of hydrogen-bond acceptors (Lipinski definition) is 0. The number of benzene rings is 1. The molecule has 0 aliphatic rings. The molecule has 1 aromatic carbocycles. The van der Waals surface area contributed by atoms with E-state index in [9.17, 15) is 0 Å². The summed E-state index contributed by atoms with van der Waals surface area (Å²) in [5.74, 6) is 0. The standard InChI is InChI=1S/C17H22N/c1-11-9-13(3)18(6)17(10-11)16-8-7-12(2)14(4)15(16)5/h7-10H,1-6H3/q+1/i3D3. The van der Waals surface area contributed by atoms with Crippen molar-refractivity contribution < 1.29 is 8.68 Å². The number of rotatable bonds is 1. The summed E-state index contributed by atoms with van der Waals surface area (Å²) < 4.78 is 24.9. The topological polar surface area (TPSA) is 3.88 Å². The molecule has 2 aromatic rings. The molecular formula is C17H22N+. The molecular weight excluding hydrogens is 218 g/mol. The van der Waals surface area contributed by atoms with Gasteiger partial charge in [-0.25, -0.2) is 0 Å². The van der Waals surface area contributed by atoms with E-state index in [0.29, 0.717) is 5.69 Å². The van der Waals surface area contributed by atoms with Crippen molar-refractivity contribution in [3.8, 4) is 11.3 Å². The molecule has 1 heterocycles. The number of aromatic nitrogens is 1. The first-order valence-electron chi connectivity index (χ1n) is 7.71. The summed E-state index contributed by atoms with van der Waals surface area (Å²) in [6.45, 7) is 6.12. The molecule has 1 aromatic heterocycles. The summed E-state index contributed by atoms with van der Waals surface area (Å²) in [6, 6.07) is 7.96. The Balaban J connectivity index is 2.77. The van der Waals surface area contributed by atoms with Crippen LogP contribution in [0.2, 0.25) is 0 Å². The average Bonchev–Trinajstić information content (AvgIpc) is 2.38. The normalized spacial score (nSPS) is 13.9. The Morgan fingerprint density at radius 1 is 1.00 bits per heavy atom. The summed E-state index contributed by atoms with van der Waals surface area (Å²) in [6.07, 6.45) is 0. The SMILES string of the molecule is [2H]C([2H])([2H])c1cc(C)cc(-c2ccc(C)c(C)c2C)[n+]1C. The monoisotopic (exact) mass is 243 g/mol. The molecule has 0 saturated carbocycles. The van der Waals surface area contributed by atoms with Crippen molar-refractivity contribution in [1.29, 1.82) is 0 Å². The lowest BCUT2D eigenvalue weighted by Gasteiger charge is -2.11. The number of aryl methyl sites for hydroxylation is 3. The Morgan fingerprint density at radius 3 is 2.39 bits per heavy atom. The zero-order valence-electron chi connectivity index (χ0n) is 14.8. The van der Waals surface area contributed by atoms with Crippen LogP contribution >= 0.6 is 0 Å². The van der Waals surface area contributed by atoms with Crippen molar-refractivity contribution in [3.63, 3.8) is 0 Å². The third kappa shape index (κ3) is 2.05. The molecule has 0 amide bonds. The van der Waals surface area contributed by atoms with Crippen LogP contribution in [0.3, 0.4) is 0 Å². The Bertz CT molecular complexity index is 700. The zero-order valence-corrected chi connectivity index (χ0v) is 11.8. The van der Waals surface area contributed by atoms with Crippen molar-refractivity contribution in [2.75, 3.05) is 0 Å². The highest BCUT2D eigenvalue weighted by atomic mass is 14.9. The van der Waals surface area contributed by atoms with Gasteiger partial charge in [-0.05, 0) is 56.0 Å². The van der Waals surface area contributed by atoms with E-state index in [0.717, 1.165) is 16.8 Å². The minimum Gasteiger partial charge on any atom is -0.199 e. The van der Waals surface area contributed by atoms with Crippen molar-refractivity contribution in [2.24, 2.45) is 7.05 Å². The second-order valence-corrected chi connectivity index (χ2v) is 5.04. The Kier molecular flexibility index (Phi) is 2.36. The molecule has 18 heavy (non-hydrogen) atoms. The van der Waals surface area contributed by atoms with Gasteiger partial charge in [-0.2, -0.15) is 4.57 Å². The minimum absolute atomic E-state index is 0.370. The minimum atomic E-state index is -2.11. The second kappa shape index (κ2) is 4.56. The van der Waals surface area contributed by atoms with Crippen molar-refractivity contribution in [2.45, 2.75) is 34.5 Å². The number of hydrogen-bond donors (Lipinski definition) is 0. The molecule has 0 spiro atoms. The van der Waals surface area contributed by atoms with E-state index in [2.05, 4.69) is 32.9 Å². The van der Waals surface area contributed by atoms with Gasteiger partial charge in [0.1, 0.15) is 7.05 Å². The summed E-state index contributed by atoms with van der Waals surface area (Å²) in [5, 5.41) is 0. The maximum Gasteiger partial charge on any atom is 0.212 e. The Hall–Kier alpha value is -1.63. The Labute approximate surface area is 114 Å². The zero-order chi connectivity index (χ0) is 15.9. The molecule has 0 aliphatic heterocycles. The highest BCUT2D eigenvalue weighted by Crippen LogP contribution is 2.25. The van der Waals surface area contributed by atoms with Crippen molar-refractivity contribution in [1.82, 2.24) is 0 Å². The van der Waals surface area contributed by atoms with Gasteiger partial charge in [0.2, 0.25) is 5.69 Å². The predicted octanol–water partition coefficient (Wildman–Crippen LogP) is 3.72. The first kappa shape index (κ1) is 9.32. The fraction of sp³-hybridized carbons (Fsp3) is 0.353. The van der Waals surface area contributed by atoms with Crippen LogP contribution in [-0.2, 0) is 7.05 Å². The van der Waals surface area contributed by atoms with E-state index < -0.39 is 6.85 Å². The third-order valence-electron chi connectivity index (χ3n) is 3.79. The van der Waals surface area contributed by atoms with Gasteiger partial charge >= 0.3 is 0 Å². The molecule has 0 fully saturated rings. The molecule has 0 atom stereocenters. The molecule has 0 bridgehead atoms. The lowest BCUT2D eigenvalue weighted by molar-refractivity contribution is -0.666. The molecule has 0 radical (unpaired) electrons. The summed E-state index contributed by atoms with van der Waals surface area (Å²) in [7, 11) is 1.82. The van der Waals surface area contributed by atoms with Gasteiger partial charge in [-0.1, -0.05) is 6.07 Å². The van der Waals surface area contributed by atoms with Crippen LogP contribution in [0.5, 0.6) is 0 Å². The highest BCUT2D eigenvalue weighted by Gasteiger charge is 2.16. The van der Waals surface area contributed by atoms with E-state index in [1.807, 2.05) is 20.0 Å². The molecule has 0 unspecified atom stereocenters. The maximum absolute atomic E-state index is 7.71. The average molecular weight is 243 g/mol. The third-order valence-corrected chi connectivity index (χ3v) is 3.79. The molecule has 94 valence electrons.